The molecule has 1 atom stereocenters. The standard InChI is InChI=1S/C26H34N2O3/c1-19-10-9-15-24(20(19)2)31-18-25(29)28(17-16-22-11-5-4-6-12-22)21(3)26(30)27-23-13-7-8-14-23/h4-6,9-12,15,21,23H,7-8,13-14,16-18H2,1-3H3,(H,27,30)/t21-/m1/s1. The van der Waals surface area contributed by atoms with E-state index in [9.17, 15) is 9.59 Å². The maximum atomic E-state index is 13.1. The molecule has 0 aromatic heterocycles. The van der Waals surface area contributed by atoms with Crippen LogP contribution in [0, 0.1) is 13.8 Å². The van der Waals surface area contributed by atoms with Gasteiger partial charge in [0.05, 0.1) is 0 Å². The van der Waals surface area contributed by atoms with Gasteiger partial charge < -0.3 is 15.0 Å². The van der Waals surface area contributed by atoms with E-state index in [-0.39, 0.29) is 24.5 Å². The molecule has 0 aliphatic heterocycles. The van der Waals surface area contributed by atoms with Crippen molar-refractivity contribution < 1.29 is 14.3 Å². The fourth-order valence-corrected chi connectivity index (χ4v) is 4.06. The smallest absolute Gasteiger partial charge is 0.261 e. The number of amides is 2. The number of carbonyl (C=O) groups excluding carboxylic acids is 2. The minimum Gasteiger partial charge on any atom is -0.483 e. The van der Waals surface area contributed by atoms with Crippen LogP contribution in [-0.2, 0) is 16.0 Å². The maximum Gasteiger partial charge on any atom is 0.261 e. The van der Waals surface area contributed by atoms with Gasteiger partial charge in [-0.05, 0) is 62.8 Å². The summed E-state index contributed by atoms with van der Waals surface area (Å²) in [6, 6.07) is 15.5. The highest BCUT2D eigenvalue weighted by Crippen LogP contribution is 2.21. The molecule has 0 radical (unpaired) electrons. The van der Waals surface area contributed by atoms with Gasteiger partial charge in [0, 0.05) is 12.6 Å². The van der Waals surface area contributed by atoms with Crippen LogP contribution >= 0.6 is 0 Å². The van der Waals surface area contributed by atoms with Crippen molar-refractivity contribution in [2.45, 2.75) is 65.0 Å². The average Bonchev–Trinajstić information content (AvgIpc) is 3.28. The zero-order chi connectivity index (χ0) is 22.2. The Balaban J connectivity index is 1.67. The van der Waals surface area contributed by atoms with Crippen molar-refractivity contribution in [2.24, 2.45) is 0 Å². The van der Waals surface area contributed by atoms with Crippen LogP contribution in [0.25, 0.3) is 0 Å². The summed E-state index contributed by atoms with van der Waals surface area (Å²) >= 11 is 0. The third-order valence-corrected chi connectivity index (χ3v) is 6.26. The molecule has 3 rings (SSSR count). The molecule has 166 valence electrons. The van der Waals surface area contributed by atoms with Crippen LogP contribution in [0.15, 0.2) is 48.5 Å². The minimum absolute atomic E-state index is 0.0832. The molecule has 1 saturated carbocycles. The molecule has 5 heteroatoms. The molecule has 1 N–H and O–H groups in total. The summed E-state index contributed by atoms with van der Waals surface area (Å²) in [4.78, 5) is 27.7. The maximum absolute atomic E-state index is 13.1. The summed E-state index contributed by atoms with van der Waals surface area (Å²) in [5, 5.41) is 3.13. The Morgan fingerprint density at radius 1 is 1.06 bits per heavy atom. The van der Waals surface area contributed by atoms with Crippen molar-refractivity contribution in [3.8, 4) is 5.75 Å². The van der Waals surface area contributed by atoms with E-state index in [0.717, 1.165) is 42.4 Å². The van der Waals surface area contributed by atoms with Crippen LogP contribution in [0.4, 0.5) is 0 Å². The summed E-state index contributed by atoms with van der Waals surface area (Å²) in [6.07, 6.45) is 5.04. The van der Waals surface area contributed by atoms with Crippen LogP contribution in [0.2, 0.25) is 0 Å². The zero-order valence-electron chi connectivity index (χ0n) is 18.9. The number of nitrogens with zero attached hydrogens (tertiary/aromatic N) is 1. The van der Waals surface area contributed by atoms with Crippen LogP contribution in [0.1, 0.15) is 49.3 Å². The van der Waals surface area contributed by atoms with Crippen molar-refractivity contribution >= 4 is 11.8 Å². The van der Waals surface area contributed by atoms with Gasteiger partial charge in [-0.2, -0.15) is 0 Å². The number of nitrogens with one attached hydrogen (secondary N) is 1. The second kappa shape index (κ2) is 11.0. The topological polar surface area (TPSA) is 58.6 Å². The second-order valence-electron chi connectivity index (χ2n) is 8.48. The summed E-state index contributed by atoms with van der Waals surface area (Å²) in [5.74, 6) is 0.449. The number of rotatable bonds is 9. The highest BCUT2D eigenvalue weighted by Gasteiger charge is 2.28. The number of aryl methyl sites for hydroxylation is 1. The van der Waals surface area contributed by atoms with Gasteiger partial charge in [-0.15, -0.1) is 0 Å². The number of hydrogen-bond donors (Lipinski definition) is 1. The van der Waals surface area contributed by atoms with Gasteiger partial charge in [0.2, 0.25) is 5.91 Å². The number of carbonyl (C=O) groups is 2. The van der Waals surface area contributed by atoms with E-state index in [4.69, 9.17) is 4.74 Å². The second-order valence-corrected chi connectivity index (χ2v) is 8.48. The normalized spacial score (nSPS) is 14.8. The van der Waals surface area contributed by atoms with Gasteiger partial charge in [-0.1, -0.05) is 55.3 Å². The SMILES string of the molecule is Cc1cccc(OCC(=O)N(CCc2ccccc2)[C@H](C)C(=O)NC2CCCC2)c1C. The van der Waals surface area contributed by atoms with E-state index in [2.05, 4.69) is 5.32 Å². The quantitative estimate of drug-likeness (QED) is 0.659. The molecule has 31 heavy (non-hydrogen) atoms. The summed E-state index contributed by atoms with van der Waals surface area (Å²) in [6.45, 7) is 6.20. The van der Waals surface area contributed by atoms with E-state index < -0.39 is 6.04 Å². The lowest BCUT2D eigenvalue weighted by atomic mass is 10.1. The predicted molar refractivity (Wildman–Crippen MR) is 123 cm³/mol. The van der Waals surface area contributed by atoms with Crippen LogP contribution in [0.5, 0.6) is 5.75 Å². The van der Waals surface area contributed by atoms with E-state index >= 15 is 0 Å². The Morgan fingerprint density at radius 2 is 1.77 bits per heavy atom. The Hall–Kier alpha value is -2.82. The van der Waals surface area contributed by atoms with Crippen LogP contribution in [0.3, 0.4) is 0 Å². The molecular weight excluding hydrogens is 388 g/mol. The van der Waals surface area contributed by atoms with E-state index in [0.29, 0.717) is 18.7 Å². The van der Waals surface area contributed by atoms with Gasteiger partial charge in [-0.25, -0.2) is 0 Å². The molecule has 0 saturated heterocycles. The Bertz CT molecular complexity index is 875. The predicted octanol–water partition coefficient (Wildman–Crippen LogP) is 4.20. The summed E-state index contributed by atoms with van der Waals surface area (Å²) in [7, 11) is 0. The average molecular weight is 423 g/mol. The lowest BCUT2D eigenvalue weighted by Crippen LogP contribution is -2.51. The third-order valence-electron chi connectivity index (χ3n) is 6.26. The molecule has 2 aromatic carbocycles. The zero-order valence-corrected chi connectivity index (χ0v) is 18.9. The number of ether oxygens (including phenoxy) is 1. The van der Waals surface area contributed by atoms with E-state index in [1.165, 1.54) is 0 Å². The van der Waals surface area contributed by atoms with Gasteiger partial charge in [0.1, 0.15) is 11.8 Å². The molecule has 0 spiro atoms. The Kier molecular flexibility index (Phi) is 8.10. The van der Waals surface area contributed by atoms with Gasteiger partial charge in [0.25, 0.3) is 5.91 Å². The molecule has 0 heterocycles. The lowest BCUT2D eigenvalue weighted by Gasteiger charge is -2.29. The first-order chi connectivity index (χ1) is 15.0. The first kappa shape index (κ1) is 22.9. The van der Waals surface area contributed by atoms with Crippen molar-refractivity contribution in [1.29, 1.82) is 0 Å². The van der Waals surface area contributed by atoms with Crippen molar-refractivity contribution in [1.82, 2.24) is 10.2 Å². The first-order valence-electron chi connectivity index (χ1n) is 11.3. The molecule has 1 aliphatic rings. The third kappa shape index (κ3) is 6.33. The van der Waals surface area contributed by atoms with Crippen LogP contribution in [-0.4, -0.2) is 41.9 Å². The Labute approximate surface area is 185 Å². The van der Waals surface area contributed by atoms with Crippen molar-refractivity contribution in [3.05, 3.63) is 65.2 Å². The lowest BCUT2D eigenvalue weighted by molar-refractivity contribution is -0.141. The van der Waals surface area contributed by atoms with Gasteiger partial charge in [-0.3, -0.25) is 9.59 Å². The van der Waals surface area contributed by atoms with E-state index in [1.54, 1.807) is 4.90 Å². The van der Waals surface area contributed by atoms with E-state index in [1.807, 2.05) is 69.3 Å². The molecular formula is C26H34N2O3. The largest absolute Gasteiger partial charge is 0.483 e. The fraction of sp³-hybridized carbons (Fsp3) is 0.462. The number of benzene rings is 2. The molecule has 0 unspecified atom stereocenters. The van der Waals surface area contributed by atoms with Crippen molar-refractivity contribution in [2.75, 3.05) is 13.2 Å². The molecule has 2 aromatic rings. The molecule has 2 amide bonds. The highest BCUT2D eigenvalue weighted by molar-refractivity contribution is 5.88. The van der Waals surface area contributed by atoms with Crippen molar-refractivity contribution in [3.63, 3.8) is 0 Å². The highest BCUT2D eigenvalue weighted by atomic mass is 16.5. The minimum atomic E-state index is -0.543. The molecule has 5 nitrogen and oxygen atoms in total. The number of hydrogen-bond acceptors (Lipinski definition) is 3. The van der Waals surface area contributed by atoms with Gasteiger partial charge >= 0.3 is 0 Å². The molecule has 1 fully saturated rings. The summed E-state index contributed by atoms with van der Waals surface area (Å²) < 4.78 is 5.85. The van der Waals surface area contributed by atoms with Gasteiger partial charge in [0.15, 0.2) is 6.61 Å². The first-order valence-corrected chi connectivity index (χ1v) is 11.3. The molecule has 1 aliphatic carbocycles. The monoisotopic (exact) mass is 422 g/mol. The molecule has 0 bridgehead atoms. The Morgan fingerprint density at radius 3 is 2.48 bits per heavy atom. The fourth-order valence-electron chi connectivity index (χ4n) is 4.06. The summed E-state index contributed by atoms with van der Waals surface area (Å²) in [5.41, 5.74) is 3.28. The van der Waals surface area contributed by atoms with Crippen LogP contribution < -0.4 is 10.1 Å².